The summed E-state index contributed by atoms with van der Waals surface area (Å²) in [5.74, 6) is 0. The van der Waals surface area contributed by atoms with Gasteiger partial charge in [0.1, 0.15) is 0 Å². The van der Waals surface area contributed by atoms with Crippen molar-refractivity contribution in [3.63, 3.8) is 0 Å². The van der Waals surface area contributed by atoms with Crippen molar-refractivity contribution >= 4 is 30.3 Å². The summed E-state index contributed by atoms with van der Waals surface area (Å²) in [4.78, 5) is 0. The molecule has 0 N–H and O–H groups in total. The van der Waals surface area contributed by atoms with Crippen molar-refractivity contribution in [2.45, 2.75) is 45.7 Å². The van der Waals surface area contributed by atoms with Crippen molar-refractivity contribution < 1.29 is 13.0 Å². The van der Waals surface area contributed by atoms with E-state index in [2.05, 4.69) is 51.4 Å². The van der Waals surface area contributed by atoms with Crippen LogP contribution in [0, 0.1) is 0 Å². The lowest BCUT2D eigenvalue weighted by Crippen LogP contribution is -2.30. The van der Waals surface area contributed by atoms with Crippen LogP contribution in [0.15, 0.2) is 29.6 Å². The predicted octanol–water partition coefficient (Wildman–Crippen LogP) is 5.48. The highest BCUT2D eigenvalue weighted by Crippen LogP contribution is 2.62. The fraction of sp³-hybridized carbons (Fsp3) is 0.467. The van der Waals surface area contributed by atoms with Gasteiger partial charge >= 0.3 is 7.60 Å². The number of rotatable bonds is 5. The molecule has 0 amide bonds. The summed E-state index contributed by atoms with van der Waals surface area (Å²) in [6.07, 6.45) is 2.67. The maximum absolute atomic E-state index is 13.5. The van der Waals surface area contributed by atoms with E-state index in [1.165, 1.54) is 5.56 Å². The molecular weight excluding hydrogens is 315 g/mol. The molecule has 6 heteroatoms. The monoisotopic (exact) mass is 340 g/mol. The average Bonchev–Trinajstić information content (AvgIpc) is 2.67. The Morgan fingerprint density at radius 3 is 1.95 bits per heavy atom. The Balaban J connectivity index is 2.37. The van der Waals surface area contributed by atoms with Crippen LogP contribution in [0.25, 0.3) is 6.08 Å². The van der Waals surface area contributed by atoms with Gasteiger partial charge in [0, 0.05) is 11.7 Å². The molecule has 0 heterocycles. The molecule has 116 valence electrons. The Morgan fingerprint density at radius 1 is 0.952 bits per heavy atom. The molecule has 0 saturated heterocycles. The van der Waals surface area contributed by atoms with Gasteiger partial charge in [0.15, 0.2) is 16.6 Å². The molecule has 21 heavy (non-hydrogen) atoms. The first kappa shape index (κ1) is 16.9. The topological polar surface area (TPSA) is 35.5 Å². The summed E-state index contributed by atoms with van der Waals surface area (Å²) in [7, 11) is -7.15. The van der Waals surface area contributed by atoms with Gasteiger partial charge in [0.05, 0.1) is 0 Å². The standard InChI is InChI=1S/C15H25O3PSi2/c1-20(2,3)17-19(16,18-21(4,5)6)15-11-13-9-7-8-10-14(13)12-15/h7-11H,12H2,1-6H3. The van der Waals surface area contributed by atoms with Gasteiger partial charge < -0.3 is 8.43 Å². The molecule has 0 bridgehead atoms. The van der Waals surface area contributed by atoms with Crippen molar-refractivity contribution in [3.05, 3.63) is 40.7 Å². The summed E-state index contributed by atoms with van der Waals surface area (Å²) in [6.45, 7) is 12.3. The van der Waals surface area contributed by atoms with E-state index < -0.39 is 24.2 Å². The zero-order valence-electron chi connectivity index (χ0n) is 13.8. The number of allylic oxidation sites excluding steroid dienone is 1. The molecule has 3 nitrogen and oxygen atoms in total. The van der Waals surface area contributed by atoms with Crippen LogP contribution in [0.4, 0.5) is 0 Å². The van der Waals surface area contributed by atoms with Crippen molar-refractivity contribution in [2.75, 3.05) is 0 Å². The van der Waals surface area contributed by atoms with Crippen LogP contribution in [0.2, 0.25) is 39.3 Å². The minimum absolute atomic E-state index is 0.669. The van der Waals surface area contributed by atoms with Crippen LogP contribution in [-0.2, 0) is 19.4 Å². The first-order chi connectivity index (χ1) is 9.49. The minimum atomic E-state index is -3.21. The van der Waals surface area contributed by atoms with Gasteiger partial charge in [-0.1, -0.05) is 24.3 Å². The fourth-order valence-corrected chi connectivity index (χ4v) is 10.1. The maximum Gasteiger partial charge on any atom is 0.338 e. The summed E-state index contributed by atoms with van der Waals surface area (Å²) < 4.78 is 25.6. The van der Waals surface area contributed by atoms with Crippen LogP contribution in [0.3, 0.4) is 0 Å². The largest absolute Gasteiger partial charge is 0.349 e. The second kappa shape index (κ2) is 5.63. The molecule has 2 rings (SSSR count). The van der Waals surface area contributed by atoms with Crippen LogP contribution < -0.4 is 0 Å². The Labute approximate surface area is 130 Å². The number of benzene rings is 1. The molecule has 1 aromatic rings. The Morgan fingerprint density at radius 2 is 1.48 bits per heavy atom. The molecule has 1 aromatic carbocycles. The third kappa shape index (κ3) is 4.50. The van der Waals surface area contributed by atoms with E-state index in [-0.39, 0.29) is 0 Å². The lowest BCUT2D eigenvalue weighted by Gasteiger charge is -2.31. The second-order valence-electron chi connectivity index (χ2n) is 7.42. The van der Waals surface area contributed by atoms with Crippen LogP contribution in [0.5, 0.6) is 0 Å². The third-order valence-electron chi connectivity index (χ3n) is 2.89. The van der Waals surface area contributed by atoms with E-state index in [0.717, 1.165) is 10.9 Å². The van der Waals surface area contributed by atoms with Gasteiger partial charge in [-0.25, -0.2) is 0 Å². The van der Waals surface area contributed by atoms with Gasteiger partial charge in [0.2, 0.25) is 0 Å². The maximum atomic E-state index is 13.5. The van der Waals surface area contributed by atoms with Gasteiger partial charge in [0.25, 0.3) is 0 Å². The smallest absolute Gasteiger partial charge is 0.338 e. The molecule has 0 aliphatic heterocycles. The van der Waals surface area contributed by atoms with E-state index >= 15 is 0 Å². The molecule has 0 unspecified atom stereocenters. The van der Waals surface area contributed by atoms with Gasteiger partial charge in [-0.3, -0.25) is 4.57 Å². The SMILES string of the molecule is C[Si](C)(C)OP(=O)(O[Si](C)(C)C)C1=Cc2ccccc2C1. The molecule has 1 aliphatic carbocycles. The van der Waals surface area contributed by atoms with E-state index in [9.17, 15) is 4.57 Å². The zero-order chi connectivity index (χ0) is 15.9. The summed E-state index contributed by atoms with van der Waals surface area (Å²) >= 11 is 0. The van der Waals surface area contributed by atoms with Crippen LogP contribution in [0.1, 0.15) is 11.1 Å². The molecule has 0 aromatic heterocycles. The van der Waals surface area contributed by atoms with E-state index in [0.29, 0.717) is 6.42 Å². The predicted molar refractivity (Wildman–Crippen MR) is 94.6 cm³/mol. The Bertz CT molecular complexity index is 592. The van der Waals surface area contributed by atoms with E-state index in [1.807, 2.05) is 18.2 Å². The van der Waals surface area contributed by atoms with Crippen LogP contribution >= 0.6 is 7.60 Å². The first-order valence-corrected chi connectivity index (χ1v) is 15.7. The summed E-state index contributed by atoms with van der Waals surface area (Å²) in [5.41, 5.74) is 2.33. The highest BCUT2D eigenvalue weighted by Gasteiger charge is 2.41. The normalized spacial score (nSPS) is 15.8. The zero-order valence-corrected chi connectivity index (χ0v) is 16.7. The Kier molecular flexibility index (Phi) is 4.53. The minimum Gasteiger partial charge on any atom is -0.349 e. The molecule has 0 radical (unpaired) electrons. The van der Waals surface area contributed by atoms with Crippen LogP contribution in [-0.4, -0.2) is 16.6 Å². The third-order valence-corrected chi connectivity index (χ3v) is 10.2. The number of hydrogen-bond acceptors (Lipinski definition) is 3. The molecule has 1 aliphatic rings. The summed E-state index contributed by atoms with van der Waals surface area (Å²) in [5, 5.41) is 0.813. The molecule has 0 fully saturated rings. The first-order valence-electron chi connectivity index (χ1n) is 7.29. The van der Waals surface area contributed by atoms with Crippen molar-refractivity contribution in [3.8, 4) is 0 Å². The Hall–Kier alpha value is -0.456. The average molecular weight is 341 g/mol. The highest BCUT2D eigenvalue weighted by atomic mass is 31.2. The van der Waals surface area contributed by atoms with Crippen molar-refractivity contribution in [1.29, 1.82) is 0 Å². The van der Waals surface area contributed by atoms with E-state index in [1.54, 1.807) is 0 Å². The molecular formula is C15H25O3PSi2. The lowest BCUT2D eigenvalue weighted by atomic mass is 10.1. The second-order valence-corrected chi connectivity index (χ2v) is 18.9. The van der Waals surface area contributed by atoms with E-state index in [4.69, 9.17) is 8.43 Å². The molecule has 0 spiro atoms. The van der Waals surface area contributed by atoms with Gasteiger partial charge in [-0.15, -0.1) is 0 Å². The lowest BCUT2D eigenvalue weighted by molar-refractivity contribution is 0.391. The van der Waals surface area contributed by atoms with Gasteiger partial charge in [-0.2, -0.15) is 0 Å². The number of fused-ring (bicyclic) bond motifs is 1. The fourth-order valence-electron chi connectivity index (χ4n) is 2.29. The molecule has 0 saturated carbocycles. The number of hydrogen-bond donors (Lipinski definition) is 0. The van der Waals surface area contributed by atoms with Crippen molar-refractivity contribution in [1.82, 2.24) is 0 Å². The summed E-state index contributed by atoms with van der Waals surface area (Å²) in [6, 6.07) is 8.14. The highest BCUT2D eigenvalue weighted by molar-refractivity contribution is 7.61. The quantitative estimate of drug-likeness (QED) is 0.526. The van der Waals surface area contributed by atoms with Gasteiger partial charge in [-0.05, 0) is 56.5 Å². The van der Waals surface area contributed by atoms with Crippen molar-refractivity contribution in [2.24, 2.45) is 0 Å². The molecule has 0 atom stereocenters.